The Morgan fingerprint density at radius 2 is 2.39 bits per heavy atom. The van der Waals surface area contributed by atoms with Crippen LogP contribution in [0.15, 0.2) is 12.3 Å². The van der Waals surface area contributed by atoms with E-state index in [1.54, 1.807) is 6.20 Å². The Morgan fingerprint density at radius 1 is 1.57 bits per heavy atom. The summed E-state index contributed by atoms with van der Waals surface area (Å²) in [6.07, 6.45) is 3.36. The molecule has 7 nitrogen and oxygen atoms in total. The zero-order valence-corrected chi connectivity index (χ0v) is 16.9. The van der Waals surface area contributed by atoms with Crippen molar-refractivity contribution in [2.75, 3.05) is 18.5 Å². The molecule has 2 aromatic rings. The lowest BCUT2D eigenvalue weighted by Gasteiger charge is -2.23. The van der Waals surface area contributed by atoms with Crippen LogP contribution in [0.4, 0.5) is 9.52 Å². The summed E-state index contributed by atoms with van der Waals surface area (Å²) in [5, 5.41) is 2.84. The lowest BCUT2D eigenvalue weighted by atomic mass is 9.95. The number of halogens is 1. The first-order valence-electron chi connectivity index (χ1n) is 9.35. The molecule has 4 heterocycles. The molecule has 0 unspecified atom stereocenters. The summed E-state index contributed by atoms with van der Waals surface area (Å²) >= 11 is 1.18. The Balaban J connectivity index is 1.46. The van der Waals surface area contributed by atoms with E-state index >= 15 is 0 Å². The fourth-order valence-electron chi connectivity index (χ4n) is 4.03. The number of hydrogen-bond donors (Lipinski definition) is 1. The van der Waals surface area contributed by atoms with Gasteiger partial charge in [0.1, 0.15) is 11.4 Å². The highest BCUT2D eigenvalue weighted by Gasteiger charge is 2.48. The molecule has 0 saturated carbocycles. The first-order valence-corrected chi connectivity index (χ1v) is 10.2. The van der Waals surface area contributed by atoms with Gasteiger partial charge in [-0.05, 0) is 13.8 Å². The molecule has 1 spiro atoms. The average Bonchev–Trinajstić information content (AvgIpc) is 3.23. The van der Waals surface area contributed by atoms with Crippen molar-refractivity contribution in [2.24, 2.45) is 0 Å². The fraction of sp³-hybridized carbons (Fsp3) is 0.526. The van der Waals surface area contributed by atoms with Gasteiger partial charge in [0.15, 0.2) is 5.13 Å². The normalized spacial score (nSPS) is 23.6. The van der Waals surface area contributed by atoms with E-state index in [-0.39, 0.29) is 17.6 Å². The number of carbonyl (C=O) groups is 1. The van der Waals surface area contributed by atoms with Crippen molar-refractivity contribution in [2.45, 2.75) is 51.8 Å². The molecule has 2 aromatic heterocycles. The molecule has 9 heteroatoms. The highest BCUT2D eigenvalue weighted by atomic mass is 32.1. The maximum Gasteiger partial charge on any atom is 0.230 e. The maximum absolute atomic E-state index is 14.2. The van der Waals surface area contributed by atoms with Crippen LogP contribution >= 0.6 is 11.3 Å². The number of amides is 1. The van der Waals surface area contributed by atoms with Crippen molar-refractivity contribution in [3.05, 3.63) is 28.7 Å². The number of anilines is 1. The minimum absolute atomic E-state index is 0.236. The monoisotopic (exact) mass is 406 g/mol. The van der Waals surface area contributed by atoms with E-state index in [0.29, 0.717) is 35.6 Å². The molecule has 28 heavy (non-hydrogen) atoms. The summed E-state index contributed by atoms with van der Waals surface area (Å²) in [6.45, 7) is 7.14. The number of ether oxygens (including phenoxy) is 2. The van der Waals surface area contributed by atoms with Crippen LogP contribution in [0.1, 0.15) is 37.6 Å². The van der Waals surface area contributed by atoms with Gasteiger partial charge in [0.2, 0.25) is 17.7 Å². The minimum atomic E-state index is -0.525. The van der Waals surface area contributed by atoms with Crippen molar-refractivity contribution < 1.29 is 18.7 Å². The van der Waals surface area contributed by atoms with E-state index in [1.165, 1.54) is 18.3 Å². The van der Waals surface area contributed by atoms with Gasteiger partial charge < -0.3 is 14.8 Å². The third-order valence-corrected chi connectivity index (χ3v) is 6.05. The van der Waals surface area contributed by atoms with Crippen LogP contribution in [-0.2, 0) is 17.8 Å². The molecule has 0 aromatic carbocycles. The number of rotatable bonds is 5. The van der Waals surface area contributed by atoms with E-state index in [2.05, 4.69) is 27.1 Å². The molecular formula is C19H23FN4O3S. The van der Waals surface area contributed by atoms with E-state index in [0.717, 1.165) is 24.2 Å². The number of likely N-dealkylation sites (tertiary alicyclic amines) is 1. The fourth-order valence-corrected chi connectivity index (χ4v) is 4.94. The van der Waals surface area contributed by atoms with Crippen molar-refractivity contribution in [3.8, 4) is 11.6 Å². The van der Waals surface area contributed by atoms with Gasteiger partial charge in [-0.1, -0.05) is 11.3 Å². The van der Waals surface area contributed by atoms with E-state index in [4.69, 9.17) is 9.47 Å². The van der Waals surface area contributed by atoms with Crippen LogP contribution < -0.4 is 14.8 Å². The number of pyridine rings is 1. The molecule has 0 aliphatic carbocycles. The highest BCUT2D eigenvalue weighted by molar-refractivity contribution is 7.15. The molecule has 1 saturated heterocycles. The molecule has 2 aliphatic heterocycles. The molecule has 2 atom stereocenters. The quantitative estimate of drug-likeness (QED) is 0.823. The van der Waals surface area contributed by atoms with Gasteiger partial charge in [-0.25, -0.2) is 4.98 Å². The van der Waals surface area contributed by atoms with Crippen LogP contribution in [0.5, 0.6) is 11.6 Å². The Hall–Kier alpha value is -2.26. The average molecular weight is 406 g/mol. The number of carbonyl (C=O) groups excluding carboxylic acids is 1. The number of fused-ring (bicyclic) bond motifs is 1. The predicted molar refractivity (Wildman–Crippen MR) is 103 cm³/mol. The van der Waals surface area contributed by atoms with Gasteiger partial charge >= 0.3 is 0 Å². The first-order chi connectivity index (χ1) is 13.4. The van der Waals surface area contributed by atoms with Crippen LogP contribution in [-0.4, -0.2) is 45.6 Å². The second-order valence-electron chi connectivity index (χ2n) is 7.40. The molecule has 1 N–H and O–H groups in total. The molecule has 1 amide bonds. The molecular weight excluding hydrogens is 383 g/mol. The molecule has 1 fully saturated rings. The van der Waals surface area contributed by atoms with Gasteiger partial charge in [-0.3, -0.25) is 9.69 Å². The molecule has 2 aliphatic rings. The summed E-state index contributed by atoms with van der Waals surface area (Å²) in [5.74, 6) is 0.630. The number of nitrogens with one attached hydrogen (secondary N) is 1. The number of hydrogen-bond acceptors (Lipinski definition) is 7. The van der Waals surface area contributed by atoms with Gasteiger partial charge in [-0.15, -0.1) is 0 Å². The second-order valence-corrected chi connectivity index (χ2v) is 8.48. The summed E-state index contributed by atoms with van der Waals surface area (Å²) in [5.41, 5.74) is 0.778. The number of aromatic nitrogens is 2. The zero-order chi connectivity index (χ0) is 19.9. The third kappa shape index (κ3) is 3.68. The smallest absolute Gasteiger partial charge is 0.230 e. The SMILES string of the molecule is CCOc1cc2c(cn1)O[C@]1(C2)C[C@H](C)N(Cc2sc(NC(C)=O)nc2F)C1. The Kier molecular flexibility index (Phi) is 4.96. The zero-order valence-electron chi connectivity index (χ0n) is 16.1. The summed E-state index contributed by atoms with van der Waals surface area (Å²) in [7, 11) is 0. The van der Waals surface area contributed by atoms with E-state index in [1.807, 2.05) is 13.0 Å². The van der Waals surface area contributed by atoms with Crippen molar-refractivity contribution in [3.63, 3.8) is 0 Å². The lowest BCUT2D eigenvalue weighted by molar-refractivity contribution is -0.114. The lowest BCUT2D eigenvalue weighted by Crippen LogP contribution is -2.37. The number of nitrogens with zero attached hydrogens (tertiary/aromatic N) is 3. The van der Waals surface area contributed by atoms with Crippen LogP contribution in [0.3, 0.4) is 0 Å². The van der Waals surface area contributed by atoms with Crippen molar-refractivity contribution >= 4 is 22.4 Å². The standard InChI is InChI=1S/C19H23FN4O3S/c1-4-26-16-5-13-7-19(27-14(13)8-21-16)6-11(2)24(10-19)9-15-17(20)23-18(28-15)22-12(3)25/h5,8,11H,4,6-7,9-10H2,1-3H3,(H,22,23,25)/t11-,19-/m0/s1. The molecule has 0 bridgehead atoms. The van der Waals surface area contributed by atoms with Gasteiger partial charge in [0.25, 0.3) is 0 Å². The minimum Gasteiger partial charge on any atom is -0.484 e. The molecule has 150 valence electrons. The first kappa shape index (κ1) is 19.1. The molecule has 4 rings (SSSR count). The van der Waals surface area contributed by atoms with Crippen LogP contribution in [0, 0.1) is 5.95 Å². The maximum atomic E-state index is 14.2. The second kappa shape index (κ2) is 7.29. The van der Waals surface area contributed by atoms with E-state index in [9.17, 15) is 9.18 Å². The molecule has 0 radical (unpaired) electrons. The Labute approximate surface area is 166 Å². The van der Waals surface area contributed by atoms with Gasteiger partial charge in [0, 0.05) is 50.5 Å². The number of thiazole rings is 1. The Bertz CT molecular complexity index is 905. The van der Waals surface area contributed by atoms with Gasteiger partial charge in [0.05, 0.1) is 17.7 Å². The van der Waals surface area contributed by atoms with Crippen molar-refractivity contribution in [1.82, 2.24) is 14.9 Å². The van der Waals surface area contributed by atoms with Gasteiger partial charge in [-0.2, -0.15) is 9.37 Å². The van der Waals surface area contributed by atoms with Crippen LogP contribution in [0.25, 0.3) is 0 Å². The summed E-state index contributed by atoms with van der Waals surface area (Å²) in [4.78, 5) is 22.0. The van der Waals surface area contributed by atoms with Crippen molar-refractivity contribution in [1.29, 1.82) is 0 Å². The van der Waals surface area contributed by atoms with E-state index < -0.39 is 5.95 Å². The highest BCUT2D eigenvalue weighted by Crippen LogP contribution is 2.43. The topological polar surface area (TPSA) is 76.6 Å². The largest absolute Gasteiger partial charge is 0.484 e. The van der Waals surface area contributed by atoms with Crippen LogP contribution in [0.2, 0.25) is 0 Å². The Morgan fingerprint density at radius 3 is 3.14 bits per heavy atom. The summed E-state index contributed by atoms with van der Waals surface area (Å²) in [6, 6.07) is 2.18. The predicted octanol–water partition coefficient (Wildman–Crippen LogP) is 3.00. The third-order valence-electron chi connectivity index (χ3n) is 5.12. The summed E-state index contributed by atoms with van der Waals surface area (Å²) < 4.78 is 26.0.